The zero-order valence-electron chi connectivity index (χ0n) is 13.1. The summed E-state index contributed by atoms with van der Waals surface area (Å²) in [6.07, 6.45) is 6.35. The van der Waals surface area contributed by atoms with E-state index >= 15 is 0 Å². The Hall–Kier alpha value is -2.30. The van der Waals surface area contributed by atoms with Gasteiger partial charge < -0.3 is 15.0 Å². The van der Waals surface area contributed by atoms with Crippen LogP contribution in [0.2, 0.25) is 0 Å². The van der Waals surface area contributed by atoms with Crippen LogP contribution in [0.3, 0.4) is 0 Å². The van der Waals surface area contributed by atoms with Gasteiger partial charge in [0.1, 0.15) is 6.61 Å². The van der Waals surface area contributed by atoms with Crippen molar-refractivity contribution in [2.75, 3.05) is 6.61 Å². The van der Waals surface area contributed by atoms with E-state index in [9.17, 15) is 9.59 Å². The molecule has 0 bridgehead atoms. The van der Waals surface area contributed by atoms with E-state index in [-0.39, 0.29) is 24.5 Å². The number of piperidine rings is 1. The Bertz CT molecular complexity index is 692. The van der Waals surface area contributed by atoms with Crippen LogP contribution in [0.25, 0.3) is 10.9 Å². The number of hydrogen-bond donors (Lipinski definition) is 2. The maximum absolute atomic E-state index is 11.8. The molecule has 0 saturated carbocycles. The summed E-state index contributed by atoms with van der Waals surface area (Å²) in [5, 5.41) is 4.06. The van der Waals surface area contributed by atoms with E-state index in [0.29, 0.717) is 12.8 Å². The Kier molecular flexibility index (Phi) is 4.95. The molecule has 23 heavy (non-hydrogen) atoms. The molecule has 1 saturated heterocycles. The number of amides is 1. The number of hydrogen-bond acceptors (Lipinski definition) is 3. The van der Waals surface area contributed by atoms with Gasteiger partial charge >= 0.3 is 5.97 Å². The van der Waals surface area contributed by atoms with Crippen molar-refractivity contribution < 1.29 is 14.3 Å². The van der Waals surface area contributed by atoms with Crippen LogP contribution in [-0.4, -0.2) is 29.5 Å². The third-order valence-electron chi connectivity index (χ3n) is 4.27. The monoisotopic (exact) mass is 314 g/mol. The zero-order valence-corrected chi connectivity index (χ0v) is 13.1. The normalized spacial score (nSPS) is 17.9. The number of esters is 1. The molecule has 122 valence electrons. The number of para-hydroxylation sites is 1. The van der Waals surface area contributed by atoms with Crippen LogP contribution in [0.5, 0.6) is 0 Å². The lowest BCUT2D eigenvalue weighted by Crippen LogP contribution is -2.42. The fraction of sp³-hybridized carbons (Fsp3) is 0.444. The van der Waals surface area contributed by atoms with Gasteiger partial charge in [-0.3, -0.25) is 9.59 Å². The van der Waals surface area contributed by atoms with Crippen LogP contribution in [0.1, 0.15) is 37.7 Å². The summed E-state index contributed by atoms with van der Waals surface area (Å²) in [7, 11) is 0. The van der Waals surface area contributed by atoms with Gasteiger partial charge in [0.25, 0.3) is 0 Å². The first-order valence-corrected chi connectivity index (χ1v) is 8.22. The van der Waals surface area contributed by atoms with E-state index < -0.39 is 0 Å². The number of rotatable bonds is 6. The Morgan fingerprint density at radius 1 is 1.30 bits per heavy atom. The molecule has 1 amide bonds. The number of carbonyl (C=O) groups excluding carboxylic acids is 2. The predicted molar refractivity (Wildman–Crippen MR) is 88.0 cm³/mol. The van der Waals surface area contributed by atoms with E-state index in [4.69, 9.17) is 4.74 Å². The average molecular weight is 314 g/mol. The van der Waals surface area contributed by atoms with E-state index in [1.807, 2.05) is 24.4 Å². The largest absolute Gasteiger partial charge is 0.463 e. The zero-order chi connectivity index (χ0) is 16.1. The summed E-state index contributed by atoms with van der Waals surface area (Å²) in [5.74, 6) is -0.138. The highest BCUT2D eigenvalue weighted by Gasteiger charge is 2.19. The lowest BCUT2D eigenvalue weighted by molar-refractivity contribution is -0.145. The standard InChI is InChI=1S/C18H22N2O3/c21-17-9-4-6-14(20-17)12-23-18(22)10-3-5-13-11-19-16-8-2-1-7-15(13)16/h1-2,7-8,11,14,19H,3-6,9-10,12H2,(H,20,21)/t14-/m1/s1. The van der Waals surface area contributed by atoms with E-state index in [0.717, 1.165) is 31.2 Å². The SMILES string of the molecule is O=C1CCC[C@H](COC(=O)CCCc2c[nH]c3ccccc23)N1. The van der Waals surface area contributed by atoms with Gasteiger partial charge in [0.05, 0.1) is 6.04 Å². The first-order valence-electron chi connectivity index (χ1n) is 8.22. The third kappa shape index (κ3) is 4.12. The fourth-order valence-corrected chi connectivity index (χ4v) is 3.03. The molecule has 2 heterocycles. The van der Waals surface area contributed by atoms with Crippen molar-refractivity contribution in [1.29, 1.82) is 0 Å². The first kappa shape index (κ1) is 15.6. The Balaban J connectivity index is 1.40. The highest BCUT2D eigenvalue weighted by Crippen LogP contribution is 2.19. The van der Waals surface area contributed by atoms with Crippen LogP contribution in [0.4, 0.5) is 0 Å². The van der Waals surface area contributed by atoms with Gasteiger partial charge in [-0.1, -0.05) is 18.2 Å². The second-order valence-corrected chi connectivity index (χ2v) is 6.05. The van der Waals surface area contributed by atoms with Crippen LogP contribution in [0.15, 0.2) is 30.5 Å². The Morgan fingerprint density at radius 3 is 3.04 bits per heavy atom. The Morgan fingerprint density at radius 2 is 2.17 bits per heavy atom. The summed E-state index contributed by atoms with van der Waals surface area (Å²) in [4.78, 5) is 26.3. The molecule has 2 aromatic rings. The van der Waals surface area contributed by atoms with Crippen molar-refractivity contribution in [1.82, 2.24) is 10.3 Å². The van der Waals surface area contributed by atoms with Gasteiger partial charge in [0.15, 0.2) is 0 Å². The van der Waals surface area contributed by atoms with Crippen molar-refractivity contribution in [3.05, 3.63) is 36.0 Å². The van der Waals surface area contributed by atoms with Gasteiger partial charge in [-0.05, 0) is 37.3 Å². The molecule has 1 aromatic carbocycles. The highest BCUT2D eigenvalue weighted by molar-refractivity contribution is 5.83. The number of carbonyl (C=O) groups is 2. The summed E-state index contributed by atoms with van der Waals surface area (Å²) >= 11 is 0. The molecule has 5 heteroatoms. The van der Waals surface area contributed by atoms with Crippen molar-refractivity contribution >= 4 is 22.8 Å². The first-order chi connectivity index (χ1) is 11.2. The fourth-order valence-electron chi connectivity index (χ4n) is 3.03. The lowest BCUT2D eigenvalue weighted by atomic mass is 10.1. The van der Waals surface area contributed by atoms with Crippen LogP contribution in [0, 0.1) is 0 Å². The van der Waals surface area contributed by atoms with Crippen molar-refractivity contribution in [2.24, 2.45) is 0 Å². The summed E-state index contributed by atoms with van der Waals surface area (Å²) in [6, 6.07) is 8.14. The van der Waals surface area contributed by atoms with Crippen molar-refractivity contribution in [2.45, 2.75) is 44.6 Å². The second kappa shape index (κ2) is 7.31. The van der Waals surface area contributed by atoms with Gasteiger partial charge in [-0.15, -0.1) is 0 Å². The number of aryl methyl sites for hydroxylation is 1. The van der Waals surface area contributed by atoms with E-state index in [2.05, 4.69) is 16.4 Å². The number of aromatic nitrogens is 1. The van der Waals surface area contributed by atoms with Gasteiger partial charge in [-0.25, -0.2) is 0 Å². The van der Waals surface area contributed by atoms with Crippen molar-refractivity contribution in [3.63, 3.8) is 0 Å². The molecule has 1 aromatic heterocycles. The topological polar surface area (TPSA) is 71.2 Å². The molecule has 0 unspecified atom stereocenters. The predicted octanol–water partition coefficient (Wildman–Crippen LogP) is 2.70. The van der Waals surface area contributed by atoms with Gasteiger partial charge in [0, 0.05) is 29.9 Å². The summed E-state index contributed by atoms with van der Waals surface area (Å²) in [5.41, 5.74) is 2.35. The van der Waals surface area contributed by atoms with Crippen LogP contribution < -0.4 is 5.32 Å². The minimum absolute atomic E-state index is 0.0196. The molecule has 1 aliphatic heterocycles. The number of aromatic amines is 1. The number of H-pyrrole nitrogens is 1. The van der Waals surface area contributed by atoms with Crippen molar-refractivity contribution in [3.8, 4) is 0 Å². The average Bonchev–Trinajstić information content (AvgIpc) is 2.97. The Labute approximate surface area is 135 Å². The quantitative estimate of drug-likeness (QED) is 0.805. The number of fused-ring (bicyclic) bond motifs is 1. The van der Waals surface area contributed by atoms with Crippen LogP contribution >= 0.6 is 0 Å². The molecule has 0 spiro atoms. The summed E-state index contributed by atoms with van der Waals surface area (Å²) in [6.45, 7) is 0.289. The maximum Gasteiger partial charge on any atom is 0.305 e. The molecule has 0 aliphatic carbocycles. The minimum atomic E-state index is -0.190. The molecule has 1 atom stereocenters. The molecule has 0 radical (unpaired) electrons. The van der Waals surface area contributed by atoms with E-state index in [1.54, 1.807) is 0 Å². The van der Waals surface area contributed by atoms with E-state index in [1.165, 1.54) is 10.9 Å². The number of benzene rings is 1. The number of ether oxygens (including phenoxy) is 1. The molecular formula is C18H22N2O3. The second-order valence-electron chi connectivity index (χ2n) is 6.05. The highest BCUT2D eigenvalue weighted by atomic mass is 16.5. The molecular weight excluding hydrogens is 292 g/mol. The van der Waals surface area contributed by atoms with Crippen LogP contribution in [-0.2, 0) is 20.7 Å². The van der Waals surface area contributed by atoms with Gasteiger partial charge in [0.2, 0.25) is 5.91 Å². The molecule has 5 nitrogen and oxygen atoms in total. The minimum Gasteiger partial charge on any atom is -0.463 e. The molecule has 2 N–H and O–H groups in total. The lowest BCUT2D eigenvalue weighted by Gasteiger charge is -2.22. The maximum atomic E-state index is 11.8. The number of nitrogens with one attached hydrogen (secondary N) is 2. The molecule has 1 aliphatic rings. The molecule has 3 rings (SSSR count). The molecule has 1 fully saturated rings. The summed E-state index contributed by atoms with van der Waals surface area (Å²) < 4.78 is 5.28. The van der Waals surface area contributed by atoms with Gasteiger partial charge in [-0.2, -0.15) is 0 Å². The smallest absolute Gasteiger partial charge is 0.305 e. The third-order valence-corrected chi connectivity index (χ3v) is 4.27.